The number of carbonyl (C=O) groups excluding carboxylic acids is 2. The molecular formula is C25H20N4O6. The molecule has 0 radical (unpaired) electrons. The molecule has 0 atom stereocenters. The number of nitrogens with zero attached hydrogens (tertiary/aromatic N) is 3. The van der Waals surface area contributed by atoms with E-state index in [1.807, 2.05) is 6.07 Å². The Kier molecular flexibility index (Phi) is 6.36. The van der Waals surface area contributed by atoms with Crippen LogP contribution in [0.3, 0.4) is 0 Å². The van der Waals surface area contributed by atoms with Crippen molar-refractivity contribution in [3.63, 3.8) is 0 Å². The summed E-state index contributed by atoms with van der Waals surface area (Å²) in [5, 5.41) is 14.0. The molecule has 3 aromatic carbocycles. The predicted octanol–water partition coefficient (Wildman–Crippen LogP) is 3.71. The van der Waals surface area contributed by atoms with Crippen molar-refractivity contribution >= 4 is 34.2 Å². The predicted molar refractivity (Wildman–Crippen MR) is 129 cm³/mol. The molecule has 0 fully saturated rings. The maximum atomic E-state index is 12.9. The van der Waals surface area contributed by atoms with Gasteiger partial charge < -0.3 is 10.1 Å². The van der Waals surface area contributed by atoms with Crippen molar-refractivity contribution < 1.29 is 19.2 Å². The van der Waals surface area contributed by atoms with Crippen LogP contribution in [0.2, 0.25) is 0 Å². The molecule has 0 bridgehead atoms. The van der Waals surface area contributed by atoms with Crippen LogP contribution in [0.4, 0.5) is 11.4 Å². The van der Waals surface area contributed by atoms with Crippen molar-refractivity contribution in [2.45, 2.75) is 13.8 Å². The average Bonchev–Trinajstić information content (AvgIpc) is 2.84. The topological polar surface area (TPSA) is 133 Å². The summed E-state index contributed by atoms with van der Waals surface area (Å²) >= 11 is 0. The molecule has 4 rings (SSSR count). The molecule has 10 heteroatoms. The summed E-state index contributed by atoms with van der Waals surface area (Å²) in [7, 11) is 0. The van der Waals surface area contributed by atoms with Crippen LogP contribution < -0.4 is 10.9 Å². The summed E-state index contributed by atoms with van der Waals surface area (Å²) in [6, 6.07) is 17.5. The number of ether oxygens (including phenoxy) is 1. The fraction of sp³-hybridized carbons (Fsp3) is 0.120. The van der Waals surface area contributed by atoms with Crippen molar-refractivity contribution in [3.8, 4) is 5.69 Å². The van der Waals surface area contributed by atoms with Crippen molar-refractivity contribution in [2.75, 3.05) is 11.9 Å². The maximum Gasteiger partial charge on any atom is 0.338 e. The number of amides is 1. The number of anilines is 1. The van der Waals surface area contributed by atoms with Crippen LogP contribution >= 0.6 is 0 Å². The van der Waals surface area contributed by atoms with E-state index in [4.69, 9.17) is 4.74 Å². The minimum atomic E-state index is -0.733. The zero-order valence-corrected chi connectivity index (χ0v) is 18.8. The SMILES string of the molecule is Cc1c(NC(=O)COC(=O)c2ccc(-n3c(C)nc4ccccc4c3=O)cc2)cccc1[N+](=O)[O-]. The lowest BCUT2D eigenvalue weighted by Gasteiger charge is -2.12. The first-order valence-electron chi connectivity index (χ1n) is 10.6. The van der Waals surface area contributed by atoms with Crippen LogP contribution in [0.25, 0.3) is 16.6 Å². The molecule has 0 aliphatic carbocycles. The second-order valence-electron chi connectivity index (χ2n) is 7.69. The van der Waals surface area contributed by atoms with Crippen LogP contribution in [0, 0.1) is 24.0 Å². The average molecular weight is 472 g/mol. The molecule has 0 saturated heterocycles. The number of para-hydroxylation sites is 1. The van der Waals surface area contributed by atoms with E-state index < -0.39 is 23.4 Å². The summed E-state index contributed by atoms with van der Waals surface area (Å²) in [6.45, 7) is 2.66. The summed E-state index contributed by atoms with van der Waals surface area (Å²) < 4.78 is 6.52. The lowest BCUT2D eigenvalue weighted by molar-refractivity contribution is -0.385. The quantitative estimate of drug-likeness (QED) is 0.257. The van der Waals surface area contributed by atoms with Crippen molar-refractivity contribution in [2.24, 2.45) is 0 Å². The van der Waals surface area contributed by atoms with Crippen molar-refractivity contribution in [1.82, 2.24) is 9.55 Å². The molecule has 0 saturated carbocycles. The molecular weight excluding hydrogens is 452 g/mol. The number of carbonyl (C=O) groups is 2. The number of nitrogens with one attached hydrogen (secondary N) is 1. The monoisotopic (exact) mass is 472 g/mol. The van der Waals surface area contributed by atoms with E-state index in [0.29, 0.717) is 28.0 Å². The third-order valence-electron chi connectivity index (χ3n) is 5.41. The van der Waals surface area contributed by atoms with Gasteiger partial charge in [-0.15, -0.1) is 0 Å². The number of aryl methyl sites for hydroxylation is 1. The molecule has 1 aromatic heterocycles. The standard InChI is InChI=1S/C25H20N4O6/c1-15-20(8-5-9-22(15)29(33)34)27-23(30)14-35-25(32)17-10-12-18(13-11-17)28-16(2)26-21-7-4-3-6-19(21)24(28)31/h3-13H,14H2,1-2H3,(H,27,30). The minimum Gasteiger partial charge on any atom is -0.452 e. The van der Waals surface area contributed by atoms with Crippen LogP contribution in [-0.2, 0) is 9.53 Å². The highest BCUT2D eigenvalue weighted by Gasteiger charge is 2.16. The van der Waals surface area contributed by atoms with Gasteiger partial charge in [0.1, 0.15) is 5.82 Å². The van der Waals surface area contributed by atoms with Gasteiger partial charge in [0.25, 0.3) is 17.2 Å². The van der Waals surface area contributed by atoms with Crippen molar-refractivity contribution in [1.29, 1.82) is 0 Å². The molecule has 0 aliphatic rings. The highest BCUT2D eigenvalue weighted by Crippen LogP contribution is 2.25. The van der Waals surface area contributed by atoms with Gasteiger partial charge >= 0.3 is 5.97 Å². The first kappa shape index (κ1) is 23.3. The zero-order valence-electron chi connectivity index (χ0n) is 18.8. The Labute approximate surface area is 199 Å². The molecule has 1 N–H and O–H groups in total. The summed E-state index contributed by atoms with van der Waals surface area (Å²) in [6.07, 6.45) is 0. The van der Waals surface area contributed by atoms with Gasteiger partial charge in [-0.05, 0) is 56.3 Å². The van der Waals surface area contributed by atoms with Gasteiger partial charge in [-0.3, -0.25) is 24.3 Å². The normalized spacial score (nSPS) is 10.7. The van der Waals surface area contributed by atoms with Crippen LogP contribution in [0.5, 0.6) is 0 Å². The lowest BCUT2D eigenvalue weighted by atomic mass is 10.1. The molecule has 35 heavy (non-hydrogen) atoms. The highest BCUT2D eigenvalue weighted by molar-refractivity contribution is 5.96. The number of rotatable bonds is 6. The second-order valence-corrected chi connectivity index (χ2v) is 7.69. The zero-order chi connectivity index (χ0) is 25.1. The lowest BCUT2D eigenvalue weighted by Crippen LogP contribution is -2.23. The van der Waals surface area contributed by atoms with Crippen LogP contribution in [-0.4, -0.2) is 33.0 Å². The van der Waals surface area contributed by atoms with Gasteiger partial charge in [-0.25, -0.2) is 9.78 Å². The van der Waals surface area contributed by atoms with Gasteiger partial charge in [-0.2, -0.15) is 0 Å². The van der Waals surface area contributed by atoms with Gasteiger partial charge in [0.15, 0.2) is 6.61 Å². The summed E-state index contributed by atoms with van der Waals surface area (Å²) in [5.74, 6) is -0.872. The Morgan fingerprint density at radius 2 is 1.74 bits per heavy atom. The Bertz CT molecular complexity index is 1530. The molecule has 10 nitrogen and oxygen atoms in total. The smallest absolute Gasteiger partial charge is 0.338 e. The Balaban J connectivity index is 1.45. The second kappa shape index (κ2) is 9.56. The Hall–Kier alpha value is -4.86. The Morgan fingerprint density at radius 1 is 1.03 bits per heavy atom. The fourth-order valence-corrected chi connectivity index (χ4v) is 3.65. The number of nitro groups is 1. The highest BCUT2D eigenvalue weighted by atomic mass is 16.6. The van der Waals surface area contributed by atoms with Gasteiger partial charge in [0, 0.05) is 6.07 Å². The summed E-state index contributed by atoms with van der Waals surface area (Å²) in [4.78, 5) is 52.5. The van der Waals surface area contributed by atoms with Crippen LogP contribution in [0.1, 0.15) is 21.7 Å². The number of esters is 1. The molecule has 0 aliphatic heterocycles. The number of benzene rings is 3. The molecule has 1 heterocycles. The van der Waals surface area contributed by atoms with E-state index in [0.717, 1.165) is 0 Å². The molecule has 1 amide bonds. The number of nitro benzene ring substituents is 1. The van der Waals surface area contributed by atoms with Gasteiger partial charge in [-0.1, -0.05) is 18.2 Å². The van der Waals surface area contributed by atoms with E-state index in [1.54, 1.807) is 37.3 Å². The number of hydrogen-bond donors (Lipinski definition) is 1. The van der Waals surface area contributed by atoms with E-state index in [2.05, 4.69) is 10.3 Å². The summed E-state index contributed by atoms with van der Waals surface area (Å²) in [5.41, 5.74) is 1.52. The van der Waals surface area contributed by atoms with E-state index in [1.165, 1.54) is 41.8 Å². The van der Waals surface area contributed by atoms with Gasteiger partial charge in [0.05, 0.1) is 38.3 Å². The third kappa shape index (κ3) is 4.76. The van der Waals surface area contributed by atoms with Crippen LogP contribution in [0.15, 0.2) is 71.5 Å². The first-order chi connectivity index (χ1) is 16.8. The number of aromatic nitrogens is 2. The number of hydrogen-bond acceptors (Lipinski definition) is 7. The maximum absolute atomic E-state index is 12.9. The van der Waals surface area contributed by atoms with Crippen molar-refractivity contribution in [3.05, 3.63) is 104 Å². The molecule has 176 valence electrons. The fourth-order valence-electron chi connectivity index (χ4n) is 3.65. The minimum absolute atomic E-state index is 0.129. The number of fused-ring (bicyclic) bond motifs is 1. The van der Waals surface area contributed by atoms with E-state index in [-0.39, 0.29) is 22.5 Å². The van der Waals surface area contributed by atoms with Gasteiger partial charge in [0.2, 0.25) is 0 Å². The first-order valence-corrected chi connectivity index (χ1v) is 10.6. The third-order valence-corrected chi connectivity index (χ3v) is 5.41. The van der Waals surface area contributed by atoms with E-state index >= 15 is 0 Å². The molecule has 4 aromatic rings. The van der Waals surface area contributed by atoms with E-state index in [9.17, 15) is 24.5 Å². The molecule has 0 spiro atoms. The largest absolute Gasteiger partial charge is 0.452 e. The molecule has 0 unspecified atom stereocenters. The Morgan fingerprint density at radius 3 is 2.46 bits per heavy atom.